The van der Waals surface area contributed by atoms with Crippen molar-refractivity contribution < 1.29 is 13.9 Å². The van der Waals surface area contributed by atoms with E-state index in [-0.39, 0.29) is 18.4 Å². The number of furan rings is 1. The van der Waals surface area contributed by atoms with E-state index in [0.29, 0.717) is 6.61 Å². The fraction of sp³-hybridized carbons (Fsp3) is 0.429. The second-order valence-electron chi connectivity index (χ2n) is 4.45. The number of carbonyl (C=O) groups is 1. The van der Waals surface area contributed by atoms with E-state index in [1.54, 1.807) is 13.2 Å². The maximum Gasteiger partial charge on any atom is 0.311 e. The number of hydrogen-bond donors (Lipinski definition) is 1. The van der Waals surface area contributed by atoms with Gasteiger partial charge in [0.25, 0.3) is 0 Å². The maximum absolute atomic E-state index is 11.4. The predicted molar refractivity (Wildman–Crippen MR) is 77.9 cm³/mol. The first-order valence-corrected chi connectivity index (χ1v) is 7.44. The van der Waals surface area contributed by atoms with Gasteiger partial charge in [-0.2, -0.15) is 0 Å². The summed E-state index contributed by atoms with van der Waals surface area (Å²) in [5, 5.41) is 5.98. The standard InChI is InChI=1S/C14H18N2O3S/c1-3-18-13(17)8-11-9-20-14(16-11)15-10(2)7-12-5-4-6-19-12/h4-6,9-10H,3,7-8H2,1-2H3,(H,15,16). The summed E-state index contributed by atoms with van der Waals surface area (Å²) < 4.78 is 10.2. The van der Waals surface area contributed by atoms with Crippen molar-refractivity contribution in [2.75, 3.05) is 11.9 Å². The van der Waals surface area contributed by atoms with Gasteiger partial charge in [-0.1, -0.05) is 0 Å². The summed E-state index contributed by atoms with van der Waals surface area (Å²) in [6.07, 6.45) is 2.68. The number of thiazole rings is 1. The fourth-order valence-electron chi connectivity index (χ4n) is 1.81. The lowest BCUT2D eigenvalue weighted by molar-refractivity contribution is -0.142. The SMILES string of the molecule is CCOC(=O)Cc1csc(NC(C)Cc2ccco2)n1. The van der Waals surface area contributed by atoms with Gasteiger partial charge in [-0.3, -0.25) is 4.79 Å². The summed E-state index contributed by atoms with van der Waals surface area (Å²) in [4.78, 5) is 15.7. The summed E-state index contributed by atoms with van der Waals surface area (Å²) in [6, 6.07) is 4.04. The molecule has 0 aliphatic rings. The third-order valence-electron chi connectivity index (χ3n) is 2.64. The fourth-order valence-corrected chi connectivity index (χ4v) is 2.63. The van der Waals surface area contributed by atoms with Crippen LogP contribution in [0.1, 0.15) is 25.3 Å². The van der Waals surface area contributed by atoms with Crippen molar-refractivity contribution in [2.24, 2.45) is 0 Å². The van der Waals surface area contributed by atoms with E-state index >= 15 is 0 Å². The number of carbonyl (C=O) groups excluding carboxylic acids is 1. The third kappa shape index (κ3) is 4.38. The smallest absolute Gasteiger partial charge is 0.311 e. The van der Waals surface area contributed by atoms with Crippen molar-refractivity contribution in [1.82, 2.24) is 4.98 Å². The van der Waals surface area contributed by atoms with E-state index < -0.39 is 0 Å². The summed E-state index contributed by atoms with van der Waals surface area (Å²) in [7, 11) is 0. The van der Waals surface area contributed by atoms with Gasteiger partial charge in [0.2, 0.25) is 0 Å². The molecule has 2 aromatic heterocycles. The number of hydrogen-bond acceptors (Lipinski definition) is 6. The summed E-state index contributed by atoms with van der Waals surface area (Å²) in [5.74, 6) is 0.696. The van der Waals surface area contributed by atoms with Crippen molar-refractivity contribution in [1.29, 1.82) is 0 Å². The molecule has 2 heterocycles. The molecule has 2 rings (SSSR count). The molecule has 0 bridgehead atoms. The number of ether oxygens (including phenoxy) is 1. The highest BCUT2D eigenvalue weighted by Gasteiger charge is 2.11. The Kier molecular flexibility index (Phi) is 5.17. The van der Waals surface area contributed by atoms with Crippen LogP contribution in [0.4, 0.5) is 5.13 Å². The van der Waals surface area contributed by atoms with Crippen LogP contribution in [0.5, 0.6) is 0 Å². The molecule has 1 atom stereocenters. The van der Waals surface area contributed by atoms with Gasteiger partial charge in [0.05, 0.1) is 25.0 Å². The normalized spacial score (nSPS) is 12.1. The van der Waals surface area contributed by atoms with Crippen molar-refractivity contribution in [3.8, 4) is 0 Å². The van der Waals surface area contributed by atoms with E-state index in [1.165, 1.54) is 11.3 Å². The quantitative estimate of drug-likeness (QED) is 0.795. The minimum atomic E-state index is -0.243. The molecule has 1 N–H and O–H groups in total. The number of nitrogens with zero attached hydrogens (tertiary/aromatic N) is 1. The highest BCUT2D eigenvalue weighted by atomic mass is 32.1. The van der Waals surface area contributed by atoms with Crippen LogP contribution >= 0.6 is 11.3 Å². The van der Waals surface area contributed by atoms with E-state index in [9.17, 15) is 4.79 Å². The molecule has 0 spiro atoms. The monoisotopic (exact) mass is 294 g/mol. The Morgan fingerprint density at radius 3 is 3.15 bits per heavy atom. The van der Waals surface area contributed by atoms with Gasteiger partial charge in [0, 0.05) is 17.8 Å². The second-order valence-corrected chi connectivity index (χ2v) is 5.31. The summed E-state index contributed by atoms with van der Waals surface area (Å²) in [5.41, 5.74) is 0.737. The Balaban J connectivity index is 1.84. The molecule has 1 unspecified atom stereocenters. The number of rotatable bonds is 7. The molecule has 0 radical (unpaired) electrons. The third-order valence-corrected chi connectivity index (χ3v) is 3.46. The van der Waals surface area contributed by atoms with Crippen LogP contribution in [-0.2, 0) is 22.4 Å². The number of aromatic nitrogens is 1. The molecule has 2 aromatic rings. The molecule has 0 fully saturated rings. The van der Waals surface area contributed by atoms with Gasteiger partial charge in [-0.05, 0) is 26.0 Å². The molecule has 0 amide bonds. The van der Waals surface area contributed by atoms with Gasteiger partial charge in [-0.25, -0.2) is 4.98 Å². The Hall–Kier alpha value is -1.82. The Morgan fingerprint density at radius 1 is 1.60 bits per heavy atom. The van der Waals surface area contributed by atoms with E-state index in [4.69, 9.17) is 9.15 Å². The van der Waals surface area contributed by atoms with Gasteiger partial charge in [0.1, 0.15) is 5.76 Å². The van der Waals surface area contributed by atoms with Gasteiger partial charge >= 0.3 is 5.97 Å². The van der Waals surface area contributed by atoms with Crippen molar-refractivity contribution in [3.63, 3.8) is 0 Å². The molecule has 0 aliphatic heterocycles. The Bertz CT molecular complexity index is 536. The first-order valence-electron chi connectivity index (χ1n) is 6.56. The average Bonchev–Trinajstić information content (AvgIpc) is 3.02. The molecular weight excluding hydrogens is 276 g/mol. The Labute approximate surface area is 122 Å². The van der Waals surface area contributed by atoms with E-state index in [0.717, 1.165) is 23.0 Å². The zero-order valence-corrected chi connectivity index (χ0v) is 12.4. The number of esters is 1. The van der Waals surface area contributed by atoms with E-state index in [1.807, 2.05) is 17.5 Å². The van der Waals surface area contributed by atoms with Gasteiger partial charge in [0.15, 0.2) is 5.13 Å². The van der Waals surface area contributed by atoms with Crippen molar-refractivity contribution in [3.05, 3.63) is 35.2 Å². The molecule has 0 aliphatic carbocycles. The first-order chi connectivity index (χ1) is 9.67. The molecular formula is C14H18N2O3S. The largest absolute Gasteiger partial charge is 0.469 e. The lowest BCUT2D eigenvalue weighted by atomic mass is 10.2. The highest BCUT2D eigenvalue weighted by molar-refractivity contribution is 7.13. The zero-order valence-electron chi connectivity index (χ0n) is 11.6. The zero-order chi connectivity index (χ0) is 14.4. The van der Waals surface area contributed by atoms with Crippen LogP contribution in [0.2, 0.25) is 0 Å². The average molecular weight is 294 g/mol. The van der Waals surface area contributed by atoms with Crippen molar-refractivity contribution >= 4 is 22.4 Å². The van der Waals surface area contributed by atoms with Gasteiger partial charge < -0.3 is 14.5 Å². The maximum atomic E-state index is 11.4. The minimum absolute atomic E-state index is 0.211. The lowest BCUT2D eigenvalue weighted by Gasteiger charge is -2.10. The van der Waals surface area contributed by atoms with Crippen LogP contribution in [0.3, 0.4) is 0 Å². The van der Waals surface area contributed by atoms with E-state index in [2.05, 4.69) is 17.2 Å². The van der Waals surface area contributed by atoms with Crippen LogP contribution in [0.25, 0.3) is 0 Å². The molecule has 0 saturated heterocycles. The lowest BCUT2D eigenvalue weighted by Crippen LogP contribution is -2.17. The molecule has 20 heavy (non-hydrogen) atoms. The van der Waals surface area contributed by atoms with Crippen LogP contribution in [0.15, 0.2) is 28.2 Å². The molecule has 5 nitrogen and oxygen atoms in total. The summed E-state index contributed by atoms with van der Waals surface area (Å²) in [6.45, 7) is 4.26. The van der Waals surface area contributed by atoms with Crippen LogP contribution in [-0.4, -0.2) is 23.6 Å². The number of nitrogens with one attached hydrogen (secondary N) is 1. The molecule has 6 heteroatoms. The van der Waals surface area contributed by atoms with Gasteiger partial charge in [-0.15, -0.1) is 11.3 Å². The molecule has 0 aromatic carbocycles. The second kappa shape index (κ2) is 7.09. The topological polar surface area (TPSA) is 64.4 Å². The Morgan fingerprint density at radius 2 is 2.45 bits per heavy atom. The molecule has 0 saturated carbocycles. The minimum Gasteiger partial charge on any atom is -0.469 e. The first kappa shape index (κ1) is 14.6. The van der Waals surface area contributed by atoms with Crippen LogP contribution in [0, 0.1) is 0 Å². The van der Waals surface area contributed by atoms with Crippen molar-refractivity contribution in [2.45, 2.75) is 32.7 Å². The van der Waals surface area contributed by atoms with Crippen LogP contribution < -0.4 is 5.32 Å². The highest BCUT2D eigenvalue weighted by Crippen LogP contribution is 2.18. The summed E-state index contributed by atoms with van der Waals surface area (Å²) >= 11 is 1.49. The predicted octanol–water partition coefficient (Wildman–Crippen LogP) is 2.88. The molecule has 108 valence electrons. The number of anilines is 1.